The van der Waals surface area contributed by atoms with Crippen LogP contribution in [0.2, 0.25) is 0 Å². The van der Waals surface area contributed by atoms with Crippen LogP contribution >= 0.6 is 0 Å². The Kier molecular flexibility index (Phi) is 5.03. The molecule has 2 N–H and O–H groups in total. The minimum Gasteiger partial charge on any atom is -0.508 e. The highest BCUT2D eigenvalue weighted by molar-refractivity contribution is 5.28. The van der Waals surface area contributed by atoms with Crippen molar-refractivity contribution in [1.29, 1.82) is 0 Å². The SMILES string of the molecule is CC(C)(C)c1ccc(CNCCc2ccc(O)cc2)cc1. The Balaban J connectivity index is 1.77. The lowest BCUT2D eigenvalue weighted by Crippen LogP contribution is -2.17. The lowest BCUT2D eigenvalue weighted by molar-refractivity contribution is 0.475. The van der Waals surface area contributed by atoms with Crippen molar-refractivity contribution in [2.75, 3.05) is 6.54 Å². The first-order chi connectivity index (χ1) is 9.95. The summed E-state index contributed by atoms with van der Waals surface area (Å²) >= 11 is 0. The molecular formula is C19H25NO. The van der Waals surface area contributed by atoms with Gasteiger partial charge < -0.3 is 10.4 Å². The van der Waals surface area contributed by atoms with Crippen LogP contribution in [0.1, 0.15) is 37.5 Å². The Bertz CT molecular complexity index is 550. The minimum atomic E-state index is 0.213. The highest BCUT2D eigenvalue weighted by Gasteiger charge is 2.12. The molecule has 112 valence electrons. The predicted octanol–water partition coefficient (Wildman–Crippen LogP) is 4.02. The van der Waals surface area contributed by atoms with Gasteiger partial charge in [-0.05, 0) is 47.2 Å². The molecule has 0 spiro atoms. The van der Waals surface area contributed by atoms with Crippen LogP contribution in [-0.4, -0.2) is 11.7 Å². The summed E-state index contributed by atoms with van der Waals surface area (Å²) in [6, 6.07) is 16.3. The standard InChI is InChI=1S/C19H25NO/c1-19(2,3)17-8-4-16(5-9-17)14-20-13-12-15-6-10-18(21)11-7-15/h4-11,20-21H,12-14H2,1-3H3. The molecule has 0 fully saturated rings. The van der Waals surface area contributed by atoms with Crippen LogP contribution in [0.3, 0.4) is 0 Å². The third-order valence-corrected chi connectivity index (χ3v) is 3.68. The van der Waals surface area contributed by atoms with E-state index < -0.39 is 0 Å². The Labute approximate surface area is 127 Å². The Morgan fingerprint density at radius 2 is 1.43 bits per heavy atom. The number of rotatable bonds is 5. The maximum Gasteiger partial charge on any atom is 0.115 e. The highest BCUT2D eigenvalue weighted by Crippen LogP contribution is 2.22. The zero-order chi connectivity index (χ0) is 15.3. The van der Waals surface area contributed by atoms with Crippen LogP contribution in [0.4, 0.5) is 0 Å². The molecule has 0 atom stereocenters. The van der Waals surface area contributed by atoms with Crippen LogP contribution in [0.5, 0.6) is 5.75 Å². The molecule has 2 aromatic carbocycles. The molecule has 21 heavy (non-hydrogen) atoms. The van der Waals surface area contributed by atoms with E-state index in [0.717, 1.165) is 19.5 Å². The molecule has 0 saturated heterocycles. The van der Waals surface area contributed by atoms with Gasteiger partial charge in [0.2, 0.25) is 0 Å². The van der Waals surface area contributed by atoms with Crippen molar-refractivity contribution >= 4 is 0 Å². The van der Waals surface area contributed by atoms with E-state index in [2.05, 4.69) is 50.4 Å². The second kappa shape index (κ2) is 6.77. The van der Waals surface area contributed by atoms with Gasteiger partial charge in [-0.25, -0.2) is 0 Å². The smallest absolute Gasteiger partial charge is 0.115 e. The van der Waals surface area contributed by atoms with E-state index in [-0.39, 0.29) is 5.41 Å². The summed E-state index contributed by atoms with van der Waals surface area (Å²) in [6.45, 7) is 8.53. The Morgan fingerprint density at radius 3 is 2.00 bits per heavy atom. The zero-order valence-electron chi connectivity index (χ0n) is 13.2. The van der Waals surface area contributed by atoms with Gasteiger partial charge in [-0.3, -0.25) is 0 Å². The molecule has 2 nitrogen and oxygen atoms in total. The molecule has 0 aromatic heterocycles. The van der Waals surface area contributed by atoms with Crippen molar-refractivity contribution in [1.82, 2.24) is 5.32 Å². The first-order valence-corrected chi connectivity index (χ1v) is 7.53. The number of aromatic hydroxyl groups is 1. The second-order valence-corrected chi connectivity index (χ2v) is 6.54. The number of phenols is 1. The van der Waals surface area contributed by atoms with Crippen molar-refractivity contribution < 1.29 is 5.11 Å². The quantitative estimate of drug-likeness (QED) is 0.812. The first kappa shape index (κ1) is 15.6. The van der Waals surface area contributed by atoms with E-state index in [1.807, 2.05) is 12.1 Å². The van der Waals surface area contributed by atoms with E-state index in [1.54, 1.807) is 12.1 Å². The molecule has 0 saturated carbocycles. The van der Waals surface area contributed by atoms with Crippen molar-refractivity contribution in [2.24, 2.45) is 0 Å². The monoisotopic (exact) mass is 283 g/mol. The second-order valence-electron chi connectivity index (χ2n) is 6.54. The largest absolute Gasteiger partial charge is 0.508 e. The first-order valence-electron chi connectivity index (χ1n) is 7.53. The van der Waals surface area contributed by atoms with Crippen LogP contribution in [0.25, 0.3) is 0 Å². The number of phenolic OH excluding ortho intramolecular Hbond substituents is 1. The third kappa shape index (κ3) is 4.91. The number of nitrogens with one attached hydrogen (secondary N) is 1. The molecule has 0 amide bonds. The Morgan fingerprint density at radius 1 is 0.857 bits per heavy atom. The van der Waals surface area contributed by atoms with Gasteiger partial charge >= 0.3 is 0 Å². The summed E-state index contributed by atoms with van der Waals surface area (Å²) in [5.74, 6) is 0.325. The fraction of sp³-hybridized carbons (Fsp3) is 0.368. The molecule has 0 bridgehead atoms. The predicted molar refractivity (Wildman–Crippen MR) is 88.7 cm³/mol. The van der Waals surface area contributed by atoms with E-state index in [9.17, 15) is 5.11 Å². The van der Waals surface area contributed by atoms with Gasteiger partial charge in [-0.1, -0.05) is 57.2 Å². The highest BCUT2D eigenvalue weighted by atomic mass is 16.3. The molecular weight excluding hydrogens is 258 g/mol. The molecule has 0 aliphatic carbocycles. The fourth-order valence-electron chi connectivity index (χ4n) is 2.25. The summed E-state index contributed by atoms with van der Waals surface area (Å²) in [5.41, 5.74) is 4.14. The summed E-state index contributed by atoms with van der Waals surface area (Å²) in [5, 5.41) is 12.7. The van der Waals surface area contributed by atoms with Crippen LogP contribution in [0.15, 0.2) is 48.5 Å². The van der Waals surface area contributed by atoms with Gasteiger partial charge in [0.25, 0.3) is 0 Å². The fourth-order valence-corrected chi connectivity index (χ4v) is 2.25. The van der Waals surface area contributed by atoms with E-state index >= 15 is 0 Å². The van der Waals surface area contributed by atoms with E-state index in [0.29, 0.717) is 5.75 Å². The van der Waals surface area contributed by atoms with Gasteiger partial charge in [-0.2, -0.15) is 0 Å². The van der Waals surface area contributed by atoms with Gasteiger partial charge in [0, 0.05) is 6.54 Å². The third-order valence-electron chi connectivity index (χ3n) is 3.68. The normalized spacial score (nSPS) is 11.6. The molecule has 2 heteroatoms. The lowest BCUT2D eigenvalue weighted by Gasteiger charge is -2.19. The summed E-state index contributed by atoms with van der Waals surface area (Å²) in [7, 11) is 0. The average Bonchev–Trinajstić information content (AvgIpc) is 2.45. The summed E-state index contributed by atoms with van der Waals surface area (Å²) in [6.07, 6.45) is 0.973. The number of benzene rings is 2. The summed E-state index contributed by atoms with van der Waals surface area (Å²) in [4.78, 5) is 0. The van der Waals surface area contributed by atoms with Crippen molar-refractivity contribution in [3.8, 4) is 5.75 Å². The molecule has 0 aliphatic rings. The molecule has 0 heterocycles. The van der Waals surface area contributed by atoms with Crippen LogP contribution in [0, 0.1) is 0 Å². The molecule has 0 radical (unpaired) electrons. The van der Waals surface area contributed by atoms with Crippen molar-refractivity contribution in [3.05, 3.63) is 65.2 Å². The van der Waals surface area contributed by atoms with Gasteiger partial charge in [0.05, 0.1) is 0 Å². The van der Waals surface area contributed by atoms with Crippen LogP contribution < -0.4 is 5.32 Å². The summed E-state index contributed by atoms with van der Waals surface area (Å²) < 4.78 is 0. The van der Waals surface area contributed by atoms with Gasteiger partial charge in [0.1, 0.15) is 5.75 Å². The van der Waals surface area contributed by atoms with Crippen molar-refractivity contribution in [2.45, 2.75) is 39.2 Å². The number of hydrogen-bond donors (Lipinski definition) is 2. The van der Waals surface area contributed by atoms with E-state index in [4.69, 9.17) is 0 Å². The van der Waals surface area contributed by atoms with Crippen LogP contribution in [-0.2, 0) is 18.4 Å². The average molecular weight is 283 g/mol. The van der Waals surface area contributed by atoms with Gasteiger partial charge in [-0.15, -0.1) is 0 Å². The maximum atomic E-state index is 9.24. The van der Waals surface area contributed by atoms with Gasteiger partial charge in [0.15, 0.2) is 0 Å². The lowest BCUT2D eigenvalue weighted by atomic mass is 9.87. The minimum absolute atomic E-state index is 0.213. The Hall–Kier alpha value is -1.80. The zero-order valence-corrected chi connectivity index (χ0v) is 13.2. The number of hydrogen-bond acceptors (Lipinski definition) is 2. The topological polar surface area (TPSA) is 32.3 Å². The van der Waals surface area contributed by atoms with E-state index in [1.165, 1.54) is 16.7 Å². The maximum absolute atomic E-state index is 9.24. The molecule has 0 aliphatic heterocycles. The molecule has 0 unspecified atom stereocenters. The molecule has 2 aromatic rings. The van der Waals surface area contributed by atoms with Crippen molar-refractivity contribution in [3.63, 3.8) is 0 Å². The molecule has 2 rings (SSSR count).